The molecular formula is C13H21F3O. The van der Waals surface area contributed by atoms with E-state index < -0.39 is 18.0 Å². The minimum absolute atomic E-state index is 0.195. The van der Waals surface area contributed by atoms with Gasteiger partial charge in [-0.15, -0.1) is 0 Å². The fraction of sp³-hybridized carbons (Fsp3) is 0.923. The second kappa shape index (κ2) is 4.62. The average molecular weight is 250 g/mol. The molecule has 0 aromatic heterocycles. The first-order chi connectivity index (χ1) is 7.58. The minimum atomic E-state index is -4.23. The summed E-state index contributed by atoms with van der Waals surface area (Å²) in [6.45, 7) is 5.89. The molecule has 1 fully saturated rings. The maximum atomic E-state index is 12.2. The van der Waals surface area contributed by atoms with Gasteiger partial charge in [0.25, 0.3) is 0 Å². The van der Waals surface area contributed by atoms with Gasteiger partial charge in [-0.05, 0) is 18.3 Å². The molecule has 4 heteroatoms. The van der Waals surface area contributed by atoms with Crippen LogP contribution in [0.2, 0.25) is 0 Å². The summed E-state index contributed by atoms with van der Waals surface area (Å²) in [6, 6.07) is 0. The van der Waals surface area contributed by atoms with Crippen LogP contribution in [0.5, 0.6) is 0 Å². The molecule has 0 aromatic rings. The van der Waals surface area contributed by atoms with Crippen molar-refractivity contribution in [1.29, 1.82) is 0 Å². The molecule has 0 radical (unpaired) electrons. The van der Waals surface area contributed by atoms with Crippen LogP contribution in [0.15, 0.2) is 0 Å². The van der Waals surface area contributed by atoms with Crippen molar-refractivity contribution in [3.8, 4) is 0 Å². The Morgan fingerprint density at radius 3 is 1.94 bits per heavy atom. The van der Waals surface area contributed by atoms with Gasteiger partial charge in [-0.1, -0.05) is 33.6 Å². The summed E-state index contributed by atoms with van der Waals surface area (Å²) in [5.41, 5.74) is -0.773. The molecule has 1 aliphatic carbocycles. The van der Waals surface area contributed by atoms with Crippen LogP contribution in [0.1, 0.15) is 59.3 Å². The van der Waals surface area contributed by atoms with Crippen molar-refractivity contribution in [2.45, 2.75) is 65.5 Å². The number of halogens is 3. The Morgan fingerprint density at radius 2 is 1.59 bits per heavy atom. The van der Waals surface area contributed by atoms with Gasteiger partial charge < -0.3 is 0 Å². The highest BCUT2D eigenvalue weighted by atomic mass is 19.4. The van der Waals surface area contributed by atoms with Crippen LogP contribution >= 0.6 is 0 Å². The highest BCUT2D eigenvalue weighted by Gasteiger charge is 2.49. The zero-order valence-electron chi connectivity index (χ0n) is 10.8. The van der Waals surface area contributed by atoms with Gasteiger partial charge in [0.15, 0.2) is 0 Å². The van der Waals surface area contributed by atoms with Gasteiger partial charge >= 0.3 is 6.18 Å². The molecule has 0 heterocycles. The quantitative estimate of drug-likeness (QED) is 0.720. The first kappa shape index (κ1) is 14.5. The number of hydrogen-bond acceptors (Lipinski definition) is 1. The Labute approximate surface area is 101 Å². The molecule has 0 N–H and O–H groups in total. The standard InChI is InChI=1S/C13H21F3O/c1-11(2,3)12(7-4-5-8-12)10(17)6-9-13(14,15)16/h4-9H2,1-3H3. The number of alkyl halides is 3. The molecule has 0 spiro atoms. The molecule has 0 atom stereocenters. The monoisotopic (exact) mass is 250 g/mol. The minimum Gasteiger partial charge on any atom is -0.299 e. The molecule has 0 unspecified atom stereocenters. The summed E-state index contributed by atoms with van der Waals surface area (Å²) in [4.78, 5) is 12.2. The first-order valence-electron chi connectivity index (χ1n) is 6.19. The Morgan fingerprint density at radius 1 is 1.12 bits per heavy atom. The number of carbonyl (C=O) groups excluding carboxylic acids is 1. The number of Topliss-reactive ketones (excluding diaryl/α,β-unsaturated/α-hetero) is 1. The van der Waals surface area contributed by atoms with Crippen LogP contribution in [-0.4, -0.2) is 12.0 Å². The lowest BCUT2D eigenvalue weighted by Gasteiger charge is -2.40. The first-order valence-corrected chi connectivity index (χ1v) is 6.19. The van der Waals surface area contributed by atoms with E-state index in [0.717, 1.165) is 25.7 Å². The summed E-state index contributed by atoms with van der Waals surface area (Å²) in [5.74, 6) is -0.195. The second-order valence-corrected chi connectivity index (χ2v) is 6.08. The summed E-state index contributed by atoms with van der Waals surface area (Å²) in [5, 5.41) is 0. The summed E-state index contributed by atoms with van der Waals surface area (Å²) in [6.07, 6.45) is -2.18. The van der Waals surface area contributed by atoms with E-state index >= 15 is 0 Å². The fourth-order valence-electron chi connectivity index (χ4n) is 2.92. The van der Waals surface area contributed by atoms with Crippen molar-refractivity contribution < 1.29 is 18.0 Å². The lowest BCUT2D eigenvalue weighted by Crippen LogP contribution is -2.41. The molecule has 17 heavy (non-hydrogen) atoms. The van der Waals surface area contributed by atoms with Crippen molar-refractivity contribution >= 4 is 5.78 Å². The third-order valence-electron chi connectivity index (χ3n) is 4.06. The molecule has 0 bridgehead atoms. The number of rotatable bonds is 3. The van der Waals surface area contributed by atoms with Crippen molar-refractivity contribution in [1.82, 2.24) is 0 Å². The van der Waals surface area contributed by atoms with Crippen molar-refractivity contribution in [2.24, 2.45) is 10.8 Å². The van der Waals surface area contributed by atoms with E-state index in [4.69, 9.17) is 0 Å². The zero-order valence-corrected chi connectivity index (χ0v) is 10.8. The Kier molecular flexibility index (Phi) is 3.94. The lowest BCUT2D eigenvalue weighted by molar-refractivity contribution is -0.151. The van der Waals surface area contributed by atoms with Crippen molar-refractivity contribution in [2.75, 3.05) is 0 Å². The molecule has 0 aliphatic heterocycles. The zero-order chi connectivity index (χ0) is 13.3. The Bertz CT molecular complexity index is 280. The second-order valence-electron chi connectivity index (χ2n) is 6.08. The summed E-state index contributed by atoms with van der Waals surface area (Å²) >= 11 is 0. The molecule has 1 rings (SSSR count). The van der Waals surface area contributed by atoms with Gasteiger partial charge in [-0.25, -0.2) is 0 Å². The third-order valence-corrected chi connectivity index (χ3v) is 4.06. The third kappa shape index (κ3) is 3.23. The van der Waals surface area contributed by atoms with Crippen LogP contribution in [0.4, 0.5) is 13.2 Å². The normalized spacial score (nSPS) is 20.6. The summed E-state index contributed by atoms with van der Waals surface area (Å²) < 4.78 is 36.5. The van der Waals surface area contributed by atoms with E-state index in [0.29, 0.717) is 0 Å². The lowest BCUT2D eigenvalue weighted by atomic mass is 9.62. The van der Waals surface area contributed by atoms with E-state index in [-0.39, 0.29) is 17.6 Å². The van der Waals surface area contributed by atoms with Gasteiger partial charge in [-0.3, -0.25) is 4.79 Å². The maximum Gasteiger partial charge on any atom is 0.389 e. The predicted molar refractivity (Wildman–Crippen MR) is 60.7 cm³/mol. The van der Waals surface area contributed by atoms with Gasteiger partial charge in [0.1, 0.15) is 5.78 Å². The van der Waals surface area contributed by atoms with Gasteiger partial charge in [0, 0.05) is 11.8 Å². The van der Waals surface area contributed by atoms with E-state index in [1.807, 2.05) is 20.8 Å². The van der Waals surface area contributed by atoms with Crippen LogP contribution in [0.3, 0.4) is 0 Å². The van der Waals surface area contributed by atoms with E-state index in [1.54, 1.807) is 0 Å². The largest absolute Gasteiger partial charge is 0.389 e. The molecule has 1 nitrogen and oxygen atoms in total. The van der Waals surface area contributed by atoms with Crippen LogP contribution in [0, 0.1) is 10.8 Å². The van der Waals surface area contributed by atoms with E-state index in [9.17, 15) is 18.0 Å². The number of ketones is 1. The van der Waals surface area contributed by atoms with Crippen LogP contribution < -0.4 is 0 Å². The van der Waals surface area contributed by atoms with Crippen LogP contribution in [0.25, 0.3) is 0 Å². The van der Waals surface area contributed by atoms with Gasteiger partial charge in [0.2, 0.25) is 0 Å². The van der Waals surface area contributed by atoms with Crippen molar-refractivity contribution in [3.63, 3.8) is 0 Å². The smallest absolute Gasteiger partial charge is 0.299 e. The molecule has 0 aromatic carbocycles. The SMILES string of the molecule is CC(C)(C)C1(C(=O)CCC(F)(F)F)CCCC1. The maximum absolute atomic E-state index is 12.2. The van der Waals surface area contributed by atoms with Gasteiger partial charge in [-0.2, -0.15) is 13.2 Å². The topological polar surface area (TPSA) is 17.1 Å². The fourth-order valence-corrected chi connectivity index (χ4v) is 2.92. The molecule has 100 valence electrons. The predicted octanol–water partition coefficient (Wildman–Crippen LogP) is 4.50. The molecular weight excluding hydrogens is 229 g/mol. The summed E-state index contributed by atoms with van der Waals surface area (Å²) in [7, 11) is 0. The molecule has 1 aliphatic rings. The Balaban J connectivity index is 2.76. The van der Waals surface area contributed by atoms with E-state index in [1.165, 1.54) is 0 Å². The molecule has 1 saturated carbocycles. The Hall–Kier alpha value is -0.540. The molecule has 0 amide bonds. The number of carbonyl (C=O) groups is 1. The van der Waals surface area contributed by atoms with E-state index in [2.05, 4.69) is 0 Å². The highest BCUT2D eigenvalue weighted by molar-refractivity contribution is 5.86. The molecule has 0 saturated heterocycles. The number of hydrogen-bond donors (Lipinski definition) is 0. The van der Waals surface area contributed by atoms with Crippen LogP contribution in [-0.2, 0) is 4.79 Å². The average Bonchev–Trinajstić information content (AvgIpc) is 2.61. The van der Waals surface area contributed by atoms with Gasteiger partial charge in [0.05, 0.1) is 6.42 Å². The highest BCUT2D eigenvalue weighted by Crippen LogP contribution is 2.52. The van der Waals surface area contributed by atoms with Crippen molar-refractivity contribution in [3.05, 3.63) is 0 Å².